The summed E-state index contributed by atoms with van der Waals surface area (Å²) in [6.45, 7) is 1.83. The number of fused-ring (bicyclic) bond motifs is 3. The third kappa shape index (κ3) is 4.65. The Bertz CT molecular complexity index is 1360. The van der Waals surface area contributed by atoms with Crippen LogP contribution in [0.15, 0.2) is 52.5 Å². The van der Waals surface area contributed by atoms with Crippen LogP contribution < -0.4 is 5.56 Å². The fourth-order valence-electron chi connectivity index (χ4n) is 4.10. The van der Waals surface area contributed by atoms with Crippen LogP contribution in [-0.2, 0) is 11.3 Å². The summed E-state index contributed by atoms with van der Waals surface area (Å²) in [5.74, 6) is -0.0314. The van der Waals surface area contributed by atoms with E-state index >= 15 is 0 Å². The molecule has 0 aliphatic carbocycles. The molecule has 33 heavy (non-hydrogen) atoms. The number of rotatable bonds is 5. The van der Waals surface area contributed by atoms with Crippen molar-refractivity contribution in [3.8, 4) is 0 Å². The quantitative estimate of drug-likeness (QED) is 0.305. The Kier molecular flexibility index (Phi) is 6.41. The van der Waals surface area contributed by atoms with Crippen molar-refractivity contribution in [1.29, 1.82) is 0 Å². The predicted octanol–water partition coefficient (Wildman–Crippen LogP) is 4.69. The van der Waals surface area contributed by atoms with Gasteiger partial charge in [-0.15, -0.1) is 11.3 Å². The normalized spacial score (nSPS) is 14.6. The van der Waals surface area contributed by atoms with Gasteiger partial charge in [-0.3, -0.25) is 14.2 Å². The summed E-state index contributed by atoms with van der Waals surface area (Å²) in [6, 6.07) is 9.83. The van der Waals surface area contributed by atoms with Gasteiger partial charge in [0.2, 0.25) is 5.91 Å². The average molecular weight is 483 g/mol. The molecule has 0 unspecified atom stereocenters. The molecule has 0 saturated carbocycles. The first-order chi connectivity index (χ1) is 16.1. The van der Waals surface area contributed by atoms with Crippen LogP contribution in [0.2, 0.25) is 0 Å². The van der Waals surface area contributed by atoms with E-state index in [4.69, 9.17) is 4.98 Å². The first-order valence-corrected chi connectivity index (χ1v) is 12.8. The van der Waals surface area contributed by atoms with Crippen molar-refractivity contribution in [2.24, 2.45) is 0 Å². The summed E-state index contributed by atoms with van der Waals surface area (Å²) < 4.78 is 15.5. The Morgan fingerprint density at radius 3 is 2.61 bits per heavy atom. The molecule has 0 spiro atoms. The number of carbonyl (C=O) groups excluding carboxylic acids is 1. The molecule has 1 amide bonds. The summed E-state index contributed by atoms with van der Waals surface area (Å²) in [7, 11) is 0. The second-order valence-electron chi connectivity index (χ2n) is 8.13. The zero-order valence-corrected chi connectivity index (χ0v) is 19.6. The van der Waals surface area contributed by atoms with E-state index in [1.807, 2.05) is 17.0 Å². The lowest BCUT2D eigenvalue weighted by Gasteiger charge is -2.20. The van der Waals surface area contributed by atoms with Gasteiger partial charge in [-0.2, -0.15) is 0 Å². The van der Waals surface area contributed by atoms with Gasteiger partial charge in [0, 0.05) is 24.7 Å². The van der Waals surface area contributed by atoms with E-state index in [1.165, 1.54) is 35.2 Å². The number of thiophene rings is 1. The van der Waals surface area contributed by atoms with Crippen LogP contribution in [0.5, 0.6) is 0 Å². The Morgan fingerprint density at radius 1 is 1.09 bits per heavy atom. The van der Waals surface area contributed by atoms with Crippen LogP contribution in [-0.4, -0.2) is 44.2 Å². The highest BCUT2D eigenvalue weighted by molar-refractivity contribution is 7.99. The molecule has 0 radical (unpaired) electrons. The maximum absolute atomic E-state index is 13.5. The van der Waals surface area contributed by atoms with Crippen LogP contribution in [0, 0.1) is 5.82 Å². The number of halogens is 1. The number of thioether (sulfide) groups is 1. The lowest BCUT2D eigenvalue weighted by molar-refractivity contribution is -0.128. The van der Waals surface area contributed by atoms with E-state index in [0.29, 0.717) is 15.4 Å². The topological polar surface area (TPSA) is 68.1 Å². The number of carbonyl (C=O) groups is 1. The van der Waals surface area contributed by atoms with Crippen molar-refractivity contribution in [2.45, 2.75) is 37.4 Å². The highest BCUT2D eigenvalue weighted by Crippen LogP contribution is 2.30. The van der Waals surface area contributed by atoms with Gasteiger partial charge < -0.3 is 4.90 Å². The number of hydrogen-bond acceptors (Lipinski definition) is 6. The number of benzene rings is 1. The number of hydrogen-bond donors (Lipinski definition) is 0. The molecule has 4 aromatic rings. The van der Waals surface area contributed by atoms with Crippen LogP contribution in [0.4, 0.5) is 4.39 Å². The summed E-state index contributed by atoms with van der Waals surface area (Å²) in [6.07, 6.45) is 6.08. The molecule has 9 heteroatoms. The molecular formula is C24H23FN4O2S2. The first kappa shape index (κ1) is 22.0. The summed E-state index contributed by atoms with van der Waals surface area (Å²) >= 11 is 2.61. The molecule has 5 rings (SSSR count). The largest absolute Gasteiger partial charge is 0.342 e. The molecule has 4 heterocycles. The van der Waals surface area contributed by atoms with Gasteiger partial charge in [0.1, 0.15) is 15.3 Å². The Hall–Kier alpha value is -2.78. The standard InChI is InChI=1S/C24H23FN4O2S2/c25-17-9-7-16(8-10-17)14-29-23(31)21-20(18-6-5-11-26-22(18)33-21)27-24(29)32-15-19(30)28-12-3-1-2-4-13-28/h5-11H,1-4,12-15H2. The summed E-state index contributed by atoms with van der Waals surface area (Å²) in [5.41, 5.74) is 1.24. The molecule has 1 aliphatic rings. The van der Waals surface area contributed by atoms with Gasteiger partial charge in [0.15, 0.2) is 5.16 Å². The molecule has 0 N–H and O–H groups in total. The van der Waals surface area contributed by atoms with Gasteiger partial charge in [0.05, 0.1) is 17.8 Å². The molecule has 0 atom stereocenters. The second-order valence-corrected chi connectivity index (χ2v) is 10.1. The predicted molar refractivity (Wildman–Crippen MR) is 130 cm³/mol. The SMILES string of the molecule is O=C(CSc1nc2c(sc3ncccc32)c(=O)n1Cc1ccc(F)cc1)N1CCCCCC1. The Labute approximate surface area is 198 Å². The fourth-order valence-corrected chi connectivity index (χ4v) is 6.03. The van der Waals surface area contributed by atoms with Crippen molar-refractivity contribution < 1.29 is 9.18 Å². The van der Waals surface area contributed by atoms with Crippen LogP contribution in [0.1, 0.15) is 31.2 Å². The van der Waals surface area contributed by atoms with E-state index in [-0.39, 0.29) is 29.6 Å². The third-order valence-corrected chi connectivity index (χ3v) is 7.91. The minimum atomic E-state index is -0.326. The monoisotopic (exact) mass is 482 g/mol. The molecule has 1 saturated heterocycles. The zero-order chi connectivity index (χ0) is 22.8. The molecule has 6 nitrogen and oxygen atoms in total. The maximum atomic E-state index is 13.5. The second kappa shape index (κ2) is 9.61. The average Bonchev–Trinajstić information content (AvgIpc) is 3.00. The van der Waals surface area contributed by atoms with Crippen molar-refractivity contribution in [1.82, 2.24) is 19.4 Å². The van der Waals surface area contributed by atoms with E-state index in [0.717, 1.165) is 54.6 Å². The van der Waals surface area contributed by atoms with Crippen LogP contribution in [0.25, 0.3) is 20.4 Å². The van der Waals surface area contributed by atoms with E-state index in [1.54, 1.807) is 22.9 Å². The van der Waals surface area contributed by atoms with Gasteiger partial charge in [-0.05, 0) is 42.7 Å². The molecule has 1 aromatic carbocycles. The van der Waals surface area contributed by atoms with Crippen molar-refractivity contribution in [3.63, 3.8) is 0 Å². The van der Waals surface area contributed by atoms with Crippen LogP contribution >= 0.6 is 23.1 Å². The lowest BCUT2D eigenvalue weighted by Crippen LogP contribution is -2.33. The van der Waals surface area contributed by atoms with Gasteiger partial charge in [-0.25, -0.2) is 14.4 Å². The van der Waals surface area contributed by atoms with Gasteiger partial charge >= 0.3 is 0 Å². The number of amides is 1. The number of likely N-dealkylation sites (tertiary alicyclic amines) is 1. The molecule has 1 fully saturated rings. The van der Waals surface area contributed by atoms with Crippen molar-refractivity contribution in [3.05, 3.63) is 64.3 Å². The molecule has 3 aromatic heterocycles. The van der Waals surface area contributed by atoms with E-state index < -0.39 is 0 Å². The maximum Gasteiger partial charge on any atom is 0.272 e. The smallest absolute Gasteiger partial charge is 0.272 e. The van der Waals surface area contributed by atoms with E-state index in [9.17, 15) is 14.0 Å². The number of pyridine rings is 1. The van der Waals surface area contributed by atoms with Gasteiger partial charge in [-0.1, -0.05) is 36.7 Å². The van der Waals surface area contributed by atoms with E-state index in [2.05, 4.69) is 4.98 Å². The molecule has 170 valence electrons. The number of nitrogens with zero attached hydrogens (tertiary/aromatic N) is 4. The minimum Gasteiger partial charge on any atom is -0.342 e. The van der Waals surface area contributed by atoms with Crippen molar-refractivity contribution >= 4 is 49.4 Å². The zero-order valence-electron chi connectivity index (χ0n) is 18.0. The molecule has 0 bridgehead atoms. The third-order valence-electron chi connectivity index (χ3n) is 5.86. The minimum absolute atomic E-state index is 0.0708. The Balaban J connectivity index is 1.52. The number of aromatic nitrogens is 3. The molecule has 1 aliphatic heterocycles. The fraction of sp³-hybridized carbons (Fsp3) is 0.333. The Morgan fingerprint density at radius 2 is 1.85 bits per heavy atom. The van der Waals surface area contributed by atoms with Gasteiger partial charge in [0.25, 0.3) is 5.56 Å². The first-order valence-electron chi connectivity index (χ1n) is 11.0. The lowest BCUT2D eigenvalue weighted by atomic mass is 10.2. The summed E-state index contributed by atoms with van der Waals surface area (Å²) in [4.78, 5) is 38.3. The summed E-state index contributed by atoms with van der Waals surface area (Å²) in [5, 5.41) is 1.33. The molecular weight excluding hydrogens is 459 g/mol. The van der Waals surface area contributed by atoms with Crippen molar-refractivity contribution in [2.75, 3.05) is 18.8 Å². The highest BCUT2D eigenvalue weighted by Gasteiger charge is 2.20. The van der Waals surface area contributed by atoms with Crippen LogP contribution in [0.3, 0.4) is 0 Å². The highest BCUT2D eigenvalue weighted by atomic mass is 32.2.